The normalized spacial score (nSPS) is 10.6. The molecule has 2 N–H and O–H groups in total. The second-order valence-electron chi connectivity index (χ2n) is 4.33. The Bertz CT molecular complexity index is 396. The molecule has 0 saturated heterocycles. The zero-order valence-corrected chi connectivity index (χ0v) is 10.8. The molecule has 0 atom stereocenters. The number of halogens is 1. The number of rotatable bonds is 6. The summed E-state index contributed by atoms with van der Waals surface area (Å²) in [6.45, 7) is 6.39. The van der Waals surface area contributed by atoms with Crippen LogP contribution in [0.4, 0.5) is 4.39 Å². The molecule has 0 fully saturated rings. The van der Waals surface area contributed by atoms with Crippen molar-refractivity contribution < 1.29 is 23.9 Å². The summed E-state index contributed by atoms with van der Waals surface area (Å²) in [4.78, 5) is 0. The average molecular weight is 256 g/mol. The molecule has 0 saturated carbocycles. The van der Waals surface area contributed by atoms with Gasteiger partial charge >= 0.3 is 7.12 Å². The summed E-state index contributed by atoms with van der Waals surface area (Å²) < 4.78 is 24.1. The first kappa shape index (κ1) is 14.8. The molecule has 0 unspecified atom stereocenters. The maximum Gasteiger partial charge on any atom is 0.492 e. The van der Waals surface area contributed by atoms with Crippen LogP contribution in [-0.4, -0.2) is 30.4 Å². The van der Waals surface area contributed by atoms with Gasteiger partial charge < -0.3 is 19.5 Å². The minimum absolute atomic E-state index is 0.0318. The highest BCUT2D eigenvalue weighted by Crippen LogP contribution is 2.27. The van der Waals surface area contributed by atoms with Crippen LogP contribution in [0.5, 0.6) is 11.5 Å². The molecule has 0 spiro atoms. The van der Waals surface area contributed by atoms with E-state index in [0.717, 1.165) is 6.07 Å². The summed E-state index contributed by atoms with van der Waals surface area (Å²) in [6, 6.07) is 2.21. The number of hydrogen-bond donors (Lipinski definition) is 2. The molecule has 6 heteroatoms. The molecule has 1 rings (SSSR count). The van der Waals surface area contributed by atoms with E-state index in [1.165, 1.54) is 6.07 Å². The van der Waals surface area contributed by atoms with E-state index in [4.69, 9.17) is 9.47 Å². The van der Waals surface area contributed by atoms with Crippen LogP contribution in [0.2, 0.25) is 0 Å². The van der Waals surface area contributed by atoms with E-state index in [0.29, 0.717) is 13.2 Å². The minimum atomic E-state index is -1.80. The van der Waals surface area contributed by atoms with Crippen molar-refractivity contribution in [3.05, 3.63) is 17.9 Å². The second kappa shape index (κ2) is 6.61. The van der Waals surface area contributed by atoms with Gasteiger partial charge in [0.05, 0.1) is 13.2 Å². The summed E-state index contributed by atoms with van der Waals surface area (Å²) in [5.41, 5.74) is -0.0318. The summed E-state index contributed by atoms with van der Waals surface area (Å²) in [7, 11) is -1.80. The van der Waals surface area contributed by atoms with Crippen LogP contribution in [0.3, 0.4) is 0 Å². The Hall–Kier alpha value is -1.27. The molecule has 4 nitrogen and oxygen atoms in total. The molecule has 0 aromatic heterocycles. The molecule has 1 aromatic rings. The third kappa shape index (κ3) is 3.89. The predicted molar refractivity (Wildman–Crippen MR) is 67.7 cm³/mol. The lowest BCUT2D eigenvalue weighted by molar-refractivity contribution is 0.247. The Morgan fingerprint density at radius 1 is 1.28 bits per heavy atom. The Morgan fingerprint density at radius 2 is 1.94 bits per heavy atom. The zero-order chi connectivity index (χ0) is 13.7. The van der Waals surface area contributed by atoms with Crippen molar-refractivity contribution in [2.24, 2.45) is 5.92 Å². The number of hydrogen-bond acceptors (Lipinski definition) is 4. The van der Waals surface area contributed by atoms with Gasteiger partial charge in [0.25, 0.3) is 0 Å². The maximum atomic E-state index is 13.4. The highest BCUT2D eigenvalue weighted by atomic mass is 19.1. The number of benzene rings is 1. The van der Waals surface area contributed by atoms with Crippen LogP contribution in [0.15, 0.2) is 12.1 Å². The first-order chi connectivity index (χ1) is 8.45. The molecule has 0 aliphatic heterocycles. The second-order valence-corrected chi connectivity index (χ2v) is 4.33. The third-order valence-electron chi connectivity index (χ3n) is 2.19. The number of ether oxygens (including phenoxy) is 2. The Morgan fingerprint density at radius 3 is 2.44 bits per heavy atom. The fraction of sp³-hybridized carbons (Fsp3) is 0.500. The average Bonchev–Trinajstić information content (AvgIpc) is 2.28. The molecule has 0 aliphatic rings. The molecule has 18 heavy (non-hydrogen) atoms. The van der Waals surface area contributed by atoms with Gasteiger partial charge in [-0.2, -0.15) is 0 Å². The quantitative estimate of drug-likeness (QED) is 0.743. The van der Waals surface area contributed by atoms with E-state index in [-0.39, 0.29) is 22.9 Å². The molecule has 0 radical (unpaired) electrons. The van der Waals surface area contributed by atoms with Gasteiger partial charge in [-0.15, -0.1) is 0 Å². The summed E-state index contributed by atoms with van der Waals surface area (Å²) in [6.07, 6.45) is 0. The van der Waals surface area contributed by atoms with Gasteiger partial charge in [-0.25, -0.2) is 4.39 Å². The lowest BCUT2D eigenvalue weighted by atomic mass is 9.79. The monoisotopic (exact) mass is 256 g/mol. The van der Waals surface area contributed by atoms with Crippen molar-refractivity contribution in [3.8, 4) is 11.5 Å². The summed E-state index contributed by atoms with van der Waals surface area (Å²) in [5.74, 6) is 0.0359. The first-order valence-electron chi connectivity index (χ1n) is 5.90. The van der Waals surface area contributed by atoms with Gasteiger partial charge in [-0.05, 0) is 18.9 Å². The van der Waals surface area contributed by atoms with Crippen molar-refractivity contribution in [2.75, 3.05) is 13.2 Å². The fourth-order valence-corrected chi connectivity index (χ4v) is 1.44. The SMILES string of the molecule is CCOc1c(OCC(C)C)cc(F)cc1B(O)O. The van der Waals surface area contributed by atoms with Crippen LogP contribution in [0, 0.1) is 11.7 Å². The lowest BCUT2D eigenvalue weighted by Gasteiger charge is -2.16. The van der Waals surface area contributed by atoms with Crippen molar-refractivity contribution in [3.63, 3.8) is 0 Å². The summed E-state index contributed by atoms with van der Waals surface area (Å²) in [5, 5.41) is 18.4. The van der Waals surface area contributed by atoms with Crippen LogP contribution in [0.25, 0.3) is 0 Å². The van der Waals surface area contributed by atoms with Gasteiger partial charge in [0.15, 0.2) is 11.5 Å². The first-order valence-corrected chi connectivity index (χ1v) is 5.90. The topological polar surface area (TPSA) is 58.9 Å². The van der Waals surface area contributed by atoms with Crippen molar-refractivity contribution >= 4 is 12.6 Å². The Labute approximate surface area is 106 Å². The maximum absolute atomic E-state index is 13.4. The summed E-state index contributed by atoms with van der Waals surface area (Å²) >= 11 is 0. The van der Waals surface area contributed by atoms with E-state index in [9.17, 15) is 14.4 Å². The van der Waals surface area contributed by atoms with Gasteiger partial charge in [-0.1, -0.05) is 13.8 Å². The van der Waals surface area contributed by atoms with Gasteiger partial charge in [0.2, 0.25) is 0 Å². The van der Waals surface area contributed by atoms with E-state index < -0.39 is 12.9 Å². The van der Waals surface area contributed by atoms with Crippen molar-refractivity contribution in [2.45, 2.75) is 20.8 Å². The molecular weight excluding hydrogens is 238 g/mol. The van der Waals surface area contributed by atoms with Gasteiger partial charge in [-0.3, -0.25) is 0 Å². The standard InChI is InChI=1S/C12H18BFO4/c1-4-17-12-10(13(15)16)5-9(14)6-11(12)18-7-8(2)3/h5-6,8,15-16H,4,7H2,1-3H3. The Balaban J connectivity index is 3.12. The molecule has 0 aliphatic carbocycles. The van der Waals surface area contributed by atoms with Crippen LogP contribution < -0.4 is 14.9 Å². The highest BCUT2D eigenvalue weighted by Gasteiger charge is 2.22. The predicted octanol–water partition coefficient (Wildman–Crippen LogP) is 0.939. The van der Waals surface area contributed by atoms with Gasteiger partial charge in [0, 0.05) is 11.5 Å². The highest BCUT2D eigenvalue weighted by molar-refractivity contribution is 6.59. The van der Waals surface area contributed by atoms with Crippen LogP contribution >= 0.6 is 0 Å². The molecule has 0 heterocycles. The zero-order valence-electron chi connectivity index (χ0n) is 10.8. The van der Waals surface area contributed by atoms with E-state index in [1.807, 2.05) is 13.8 Å². The molecule has 0 amide bonds. The third-order valence-corrected chi connectivity index (χ3v) is 2.19. The lowest BCUT2D eigenvalue weighted by Crippen LogP contribution is -2.32. The Kier molecular flexibility index (Phi) is 5.43. The van der Waals surface area contributed by atoms with Crippen molar-refractivity contribution in [1.29, 1.82) is 0 Å². The molecular formula is C12H18BFO4. The van der Waals surface area contributed by atoms with Crippen molar-refractivity contribution in [1.82, 2.24) is 0 Å². The van der Waals surface area contributed by atoms with E-state index in [2.05, 4.69) is 0 Å². The molecule has 100 valence electrons. The smallest absolute Gasteiger partial charge is 0.490 e. The van der Waals surface area contributed by atoms with Crippen LogP contribution in [-0.2, 0) is 0 Å². The minimum Gasteiger partial charge on any atom is -0.490 e. The molecule has 0 bridgehead atoms. The van der Waals surface area contributed by atoms with Crippen LogP contribution in [0.1, 0.15) is 20.8 Å². The van der Waals surface area contributed by atoms with Gasteiger partial charge in [0.1, 0.15) is 5.82 Å². The van der Waals surface area contributed by atoms with E-state index in [1.54, 1.807) is 6.92 Å². The molecule has 1 aromatic carbocycles. The fourth-order valence-electron chi connectivity index (χ4n) is 1.44. The largest absolute Gasteiger partial charge is 0.492 e. The van der Waals surface area contributed by atoms with E-state index >= 15 is 0 Å².